The molecule has 0 unspecified atom stereocenters. The zero-order chi connectivity index (χ0) is 15.6. The van der Waals surface area contributed by atoms with Crippen LogP contribution in [0.25, 0.3) is 11.3 Å². The number of rotatable bonds is 2. The summed E-state index contributed by atoms with van der Waals surface area (Å²) >= 11 is 6.00. The molecule has 0 radical (unpaired) electrons. The van der Waals surface area contributed by atoms with E-state index in [4.69, 9.17) is 11.6 Å². The zero-order valence-electron chi connectivity index (χ0n) is 10.7. The highest BCUT2D eigenvalue weighted by Gasteiger charge is 2.30. The van der Waals surface area contributed by atoms with Gasteiger partial charge in [0.15, 0.2) is 0 Å². The Morgan fingerprint density at radius 2 is 1.86 bits per heavy atom. The monoisotopic (exact) mass is 315 g/mol. The van der Waals surface area contributed by atoms with E-state index in [0.717, 1.165) is 12.1 Å². The number of carbonyl (C=O) groups is 1. The Bertz CT molecular complexity index is 669. The molecule has 1 heterocycles. The molecule has 21 heavy (non-hydrogen) atoms. The summed E-state index contributed by atoms with van der Waals surface area (Å²) in [6, 6.07) is 5.79. The molecular formula is C14H9ClF3NO2. The van der Waals surface area contributed by atoms with Gasteiger partial charge in [0.2, 0.25) is 0 Å². The van der Waals surface area contributed by atoms with Gasteiger partial charge in [-0.1, -0.05) is 23.7 Å². The Morgan fingerprint density at radius 1 is 1.24 bits per heavy atom. The van der Waals surface area contributed by atoms with Crippen molar-refractivity contribution in [2.45, 2.75) is 6.18 Å². The molecule has 3 nitrogen and oxygen atoms in total. The van der Waals surface area contributed by atoms with Crippen LogP contribution in [0.3, 0.4) is 0 Å². The molecule has 0 bridgehead atoms. The molecule has 0 saturated carbocycles. The predicted molar refractivity (Wildman–Crippen MR) is 71.0 cm³/mol. The van der Waals surface area contributed by atoms with Crippen molar-refractivity contribution < 1.29 is 22.7 Å². The first-order valence-corrected chi connectivity index (χ1v) is 6.12. The number of nitrogens with zero attached hydrogens (tertiary/aromatic N) is 1. The van der Waals surface area contributed by atoms with Gasteiger partial charge in [0.1, 0.15) is 0 Å². The summed E-state index contributed by atoms with van der Waals surface area (Å²) in [5.41, 5.74) is 0.120. The third-order valence-corrected chi connectivity index (χ3v) is 3.04. The van der Waals surface area contributed by atoms with Gasteiger partial charge < -0.3 is 4.74 Å². The average Bonchev–Trinajstić information content (AvgIpc) is 2.45. The molecule has 2 rings (SSSR count). The van der Waals surface area contributed by atoms with E-state index in [9.17, 15) is 18.0 Å². The van der Waals surface area contributed by atoms with Crippen LogP contribution in [-0.2, 0) is 10.9 Å². The fraction of sp³-hybridized carbons (Fsp3) is 0.143. The molecule has 0 fully saturated rings. The number of ether oxygens (including phenoxy) is 1. The van der Waals surface area contributed by atoms with Crippen LogP contribution in [0, 0.1) is 0 Å². The Hall–Kier alpha value is -2.08. The van der Waals surface area contributed by atoms with Gasteiger partial charge in [-0.05, 0) is 18.2 Å². The number of aromatic nitrogens is 1. The number of hydrogen-bond donors (Lipinski definition) is 0. The molecule has 1 aromatic heterocycles. The Balaban J connectivity index is 2.36. The summed E-state index contributed by atoms with van der Waals surface area (Å²) in [6.07, 6.45) is -3.14. The third kappa shape index (κ3) is 3.33. The maximum atomic E-state index is 12.5. The quantitative estimate of drug-likeness (QED) is 0.779. The number of pyridine rings is 1. The topological polar surface area (TPSA) is 39.2 Å². The lowest BCUT2D eigenvalue weighted by Gasteiger charge is -2.09. The van der Waals surface area contributed by atoms with E-state index in [1.807, 2.05) is 0 Å². The summed E-state index contributed by atoms with van der Waals surface area (Å²) in [5.74, 6) is -0.594. The molecule has 1 aromatic carbocycles. The number of carbonyl (C=O) groups excluding carboxylic acids is 1. The van der Waals surface area contributed by atoms with Crippen LogP contribution in [0.1, 0.15) is 15.9 Å². The number of hydrogen-bond acceptors (Lipinski definition) is 3. The molecule has 7 heteroatoms. The Kier molecular flexibility index (Phi) is 4.18. The first kappa shape index (κ1) is 15.3. The number of alkyl halides is 3. The average molecular weight is 316 g/mol. The van der Waals surface area contributed by atoms with E-state index >= 15 is 0 Å². The number of esters is 1. The van der Waals surface area contributed by atoms with Gasteiger partial charge in [-0.2, -0.15) is 13.2 Å². The van der Waals surface area contributed by atoms with Crippen LogP contribution >= 0.6 is 11.6 Å². The fourth-order valence-electron chi connectivity index (χ4n) is 1.70. The largest absolute Gasteiger partial charge is 0.465 e. The van der Waals surface area contributed by atoms with Crippen LogP contribution in [-0.4, -0.2) is 18.1 Å². The summed E-state index contributed by atoms with van der Waals surface area (Å²) < 4.78 is 42.0. The smallest absolute Gasteiger partial charge is 0.416 e. The zero-order valence-corrected chi connectivity index (χ0v) is 11.5. The molecule has 110 valence electrons. The van der Waals surface area contributed by atoms with Crippen molar-refractivity contribution in [1.29, 1.82) is 0 Å². The van der Waals surface area contributed by atoms with Crippen molar-refractivity contribution in [3.05, 3.63) is 52.7 Å². The van der Waals surface area contributed by atoms with Gasteiger partial charge >= 0.3 is 12.1 Å². The van der Waals surface area contributed by atoms with E-state index in [0.29, 0.717) is 5.56 Å². The lowest BCUT2D eigenvalue weighted by molar-refractivity contribution is -0.137. The van der Waals surface area contributed by atoms with Gasteiger partial charge in [0, 0.05) is 11.8 Å². The van der Waals surface area contributed by atoms with Gasteiger partial charge in [0.05, 0.1) is 29.0 Å². The number of halogens is 4. The number of methoxy groups -OCH3 is 1. The van der Waals surface area contributed by atoms with Crippen LogP contribution < -0.4 is 0 Å². The molecule has 0 aliphatic heterocycles. The van der Waals surface area contributed by atoms with Crippen molar-refractivity contribution in [2.75, 3.05) is 7.11 Å². The molecule has 0 saturated heterocycles. The minimum absolute atomic E-state index is 0.151. The van der Waals surface area contributed by atoms with Gasteiger partial charge in [-0.25, -0.2) is 4.79 Å². The van der Waals surface area contributed by atoms with Gasteiger partial charge in [-0.15, -0.1) is 0 Å². The van der Waals surface area contributed by atoms with Crippen molar-refractivity contribution in [3.8, 4) is 11.3 Å². The van der Waals surface area contributed by atoms with E-state index in [1.165, 1.54) is 31.5 Å². The normalized spacial score (nSPS) is 11.3. The second-order valence-corrected chi connectivity index (χ2v) is 4.53. The van der Waals surface area contributed by atoms with E-state index in [2.05, 4.69) is 9.72 Å². The Morgan fingerprint density at radius 3 is 2.33 bits per heavy atom. The first-order valence-electron chi connectivity index (χ1n) is 5.74. The Labute approximate surface area is 123 Å². The maximum Gasteiger partial charge on any atom is 0.416 e. The molecule has 0 atom stereocenters. The maximum absolute atomic E-state index is 12.5. The molecule has 0 aliphatic carbocycles. The highest BCUT2D eigenvalue weighted by molar-refractivity contribution is 6.33. The van der Waals surface area contributed by atoms with E-state index in [1.54, 1.807) is 0 Å². The van der Waals surface area contributed by atoms with Crippen molar-refractivity contribution in [1.82, 2.24) is 4.98 Å². The van der Waals surface area contributed by atoms with Crippen LogP contribution in [0.5, 0.6) is 0 Å². The second-order valence-electron chi connectivity index (χ2n) is 4.12. The standard InChI is InChI=1S/C14H9ClF3NO2/c1-21-13(20)9-6-11(15)12(19-7-9)8-2-4-10(5-3-8)14(16,17)18/h2-7H,1H3. The molecule has 0 N–H and O–H groups in total. The second kappa shape index (κ2) is 5.73. The number of benzene rings is 1. The molecule has 0 amide bonds. The van der Waals surface area contributed by atoms with E-state index in [-0.39, 0.29) is 16.3 Å². The van der Waals surface area contributed by atoms with Crippen molar-refractivity contribution >= 4 is 17.6 Å². The minimum Gasteiger partial charge on any atom is -0.465 e. The first-order chi connectivity index (χ1) is 9.82. The van der Waals surface area contributed by atoms with E-state index < -0.39 is 17.7 Å². The lowest BCUT2D eigenvalue weighted by atomic mass is 10.1. The molecule has 0 spiro atoms. The van der Waals surface area contributed by atoms with Gasteiger partial charge in [-0.3, -0.25) is 4.98 Å². The van der Waals surface area contributed by atoms with Crippen LogP contribution in [0.4, 0.5) is 13.2 Å². The SMILES string of the molecule is COC(=O)c1cnc(-c2ccc(C(F)(F)F)cc2)c(Cl)c1. The summed E-state index contributed by atoms with van der Waals surface area (Å²) in [4.78, 5) is 15.3. The molecule has 2 aromatic rings. The van der Waals surface area contributed by atoms with Gasteiger partial charge in [0.25, 0.3) is 0 Å². The molecule has 0 aliphatic rings. The third-order valence-electron chi connectivity index (χ3n) is 2.75. The molecular weight excluding hydrogens is 307 g/mol. The van der Waals surface area contributed by atoms with Crippen molar-refractivity contribution in [3.63, 3.8) is 0 Å². The summed E-state index contributed by atoms with van der Waals surface area (Å²) in [7, 11) is 1.22. The highest BCUT2D eigenvalue weighted by atomic mass is 35.5. The van der Waals surface area contributed by atoms with Crippen LogP contribution in [0.2, 0.25) is 5.02 Å². The summed E-state index contributed by atoms with van der Waals surface area (Å²) in [5, 5.41) is 0.151. The van der Waals surface area contributed by atoms with Crippen molar-refractivity contribution in [2.24, 2.45) is 0 Å². The predicted octanol–water partition coefficient (Wildman–Crippen LogP) is 4.21. The summed E-state index contributed by atoms with van der Waals surface area (Å²) in [6.45, 7) is 0. The highest BCUT2D eigenvalue weighted by Crippen LogP contribution is 2.32. The minimum atomic E-state index is -4.40. The van der Waals surface area contributed by atoms with Crippen LogP contribution in [0.15, 0.2) is 36.5 Å². The fourth-order valence-corrected chi connectivity index (χ4v) is 1.97. The lowest BCUT2D eigenvalue weighted by Crippen LogP contribution is -2.04.